The van der Waals surface area contributed by atoms with Gasteiger partial charge in [-0.2, -0.15) is 0 Å². The molecule has 0 aliphatic carbocycles. The third-order valence-electron chi connectivity index (χ3n) is 2.87. The highest BCUT2D eigenvalue weighted by atomic mass is 19.1. The molecule has 0 aromatic carbocycles. The Kier molecular flexibility index (Phi) is 1.85. The number of hydrogen-bond donors (Lipinski definition) is 2. The first-order valence-corrected chi connectivity index (χ1v) is 4.41. The Morgan fingerprint density at radius 2 is 2.00 bits per heavy atom. The fourth-order valence-electron chi connectivity index (χ4n) is 2.18. The number of rotatable bonds is 0. The minimum absolute atomic E-state index is 0.157. The molecule has 0 aromatic rings. The highest BCUT2D eigenvalue weighted by Crippen LogP contribution is 2.29. The van der Waals surface area contributed by atoms with Crippen LogP contribution in [-0.4, -0.2) is 31.3 Å². The molecule has 0 bridgehead atoms. The molecule has 1 atom stereocenters. The quantitative estimate of drug-likeness (QED) is 0.534. The smallest absolute Gasteiger partial charge is 0.114 e. The predicted molar refractivity (Wildman–Crippen MR) is 42.4 cm³/mol. The molecule has 2 aliphatic rings. The van der Waals surface area contributed by atoms with Crippen LogP contribution < -0.4 is 10.6 Å². The summed E-state index contributed by atoms with van der Waals surface area (Å²) in [5.74, 6) is 0. The summed E-state index contributed by atoms with van der Waals surface area (Å²) in [6.45, 7) is 2.65. The fourth-order valence-corrected chi connectivity index (χ4v) is 2.18. The Morgan fingerprint density at radius 3 is 2.55 bits per heavy atom. The van der Waals surface area contributed by atoms with Crippen molar-refractivity contribution in [2.24, 2.45) is 0 Å². The van der Waals surface area contributed by atoms with Crippen molar-refractivity contribution in [3.05, 3.63) is 0 Å². The second-order valence-electron chi connectivity index (χ2n) is 3.71. The SMILES string of the molecule is FC1CNC2(CCNCC2)C1. The van der Waals surface area contributed by atoms with E-state index in [1.807, 2.05) is 0 Å². The Labute approximate surface area is 66.5 Å². The van der Waals surface area contributed by atoms with E-state index >= 15 is 0 Å². The van der Waals surface area contributed by atoms with Crippen molar-refractivity contribution < 1.29 is 4.39 Å². The molecule has 2 nitrogen and oxygen atoms in total. The van der Waals surface area contributed by atoms with Crippen LogP contribution in [-0.2, 0) is 0 Å². The van der Waals surface area contributed by atoms with Crippen LogP contribution in [0.3, 0.4) is 0 Å². The van der Waals surface area contributed by atoms with Crippen LogP contribution in [0.5, 0.6) is 0 Å². The molecule has 64 valence electrons. The molecule has 1 spiro atoms. The Balaban J connectivity index is 1.98. The van der Waals surface area contributed by atoms with Crippen molar-refractivity contribution in [2.45, 2.75) is 31.0 Å². The van der Waals surface area contributed by atoms with Gasteiger partial charge < -0.3 is 10.6 Å². The summed E-state index contributed by atoms with van der Waals surface area (Å²) in [5, 5.41) is 6.60. The van der Waals surface area contributed by atoms with Gasteiger partial charge in [0.05, 0.1) is 0 Å². The van der Waals surface area contributed by atoms with Gasteiger partial charge in [0.2, 0.25) is 0 Å². The lowest BCUT2D eigenvalue weighted by Gasteiger charge is -2.33. The van der Waals surface area contributed by atoms with E-state index in [0.29, 0.717) is 6.54 Å². The lowest BCUT2D eigenvalue weighted by Crippen LogP contribution is -2.48. The highest BCUT2D eigenvalue weighted by Gasteiger charge is 2.39. The molecular formula is C8H15FN2. The van der Waals surface area contributed by atoms with Crippen molar-refractivity contribution in [1.29, 1.82) is 0 Å². The molecule has 11 heavy (non-hydrogen) atoms. The maximum Gasteiger partial charge on any atom is 0.114 e. The summed E-state index contributed by atoms with van der Waals surface area (Å²) >= 11 is 0. The Morgan fingerprint density at radius 1 is 1.27 bits per heavy atom. The number of nitrogens with one attached hydrogen (secondary N) is 2. The predicted octanol–water partition coefficient (Wildman–Crippen LogP) is 0.440. The molecule has 2 fully saturated rings. The molecule has 3 heteroatoms. The zero-order valence-corrected chi connectivity index (χ0v) is 6.70. The zero-order valence-electron chi connectivity index (χ0n) is 6.70. The van der Waals surface area contributed by atoms with E-state index in [2.05, 4.69) is 10.6 Å². The number of halogens is 1. The second kappa shape index (κ2) is 2.72. The third-order valence-corrected chi connectivity index (χ3v) is 2.87. The van der Waals surface area contributed by atoms with Gasteiger partial charge in [0.15, 0.2) is 0 Å². The molecule has 0 saturated carbocycles. The monoisotopic (exact) mass is 158 g/mol. The lowest BCUT2D eigenvalue weighted by atomic mass is 9.87. The zero-order chi connectivity index (χ0) is 7.73. The van der Waals surface area contributed by atoms with Crippen LogP contribution in [0, 0.1) is 0 Å². The molecule has 0 aromatic heterocycles. The summed E-state index contributed by atoms with van der Waals surface area (Å²) in [4.78, 5) is 0. The summed E-state index contributed by atoms with van der Waals surface area (Å²) in [7, 11) is 0. The van der Waals surface area contributed by atoms with Crippen molar-refractivity contribution in [3.63, 3.8) is 0 Å². The Hall–Kier alpha value is -0.150. The maximum absolute atomic E-state index is 12.9. The first kappa shape index (κ1) is 7.50. The van der Waals surface area contributed by atoms with Gasteiger partial charge in [0, 0.05) is 12.1 Å². The van der Waals surface area contributed by atoms with E-state index < -0.39 is 6.17 Å². The van der Waals surface area contributed by atoms with Crippen molar-refractivity contribution in [2.75, 3.05) is 19.6 Å². The molecule has 2 saturated heterocycles. The lowest BCUT2D eigenvalue weighted by molar-refractivity contribution is 0.256. The van der Waals surface area contributed by atoms with Crippen LogP contribution >= 0.6 is 0 Å². The molecule has 2 N–H and O–H groups in total. The van der Waals surface area contributed by atoms with Gasteiger partial charge in [0.25, 0.3) is 0 Å². The largest absolute Gasteiger partial charge is 0.317 e. The van der Waals surface area contributed by atoms with Crippen molar-refractivity contribution in [3.8, 4) is 0 Å². The van der Waals surface area contributed by atoms with Crippen LogP contribution in [0.1, 0.15) is 19.3 Å². The summed E-state index contributed by atoms with van der Waals surface area (Å²) < 4.78 is 12.9. The standard InChI is InChI=1S/C8H15FN2/c9-7-5-8(11-6-7)1-3-10-4-2-8/h7,10-11H,1-6H2. The first-order chi connectivity index (χ1) is 5.31. The van der Waals surface area contributed by atoms with Crippen molar-refractivity contribution >= 4 is 0 Å². The first-order valence-electron chi connectivity index (χ1n) is 4.41. The molecule has 0 amide bonds. The molecular weight excluding hydrogens is 143 g/mol. The number of alkyl halides is 1. The van der Waals surface area contributed by atoms with Gasteiger partial charge in [-0.05, 0) is 32.4 Å². The average Bonchev–Trinajstić information content (AvgIpc) is 2.34. The van der Waals surface area contributed by atoms with E-state index in [4.69, 9.17) is 0 Å². The number of piperidine rings is 1. The highest BCUT2D eigenvalue weighted by molar-refractivity contribution is 4.99. The van der Waals surface area contributed by atoms with Gasteiger partial charge in [-0.1, -0.05) is 0 Å². The molecule has 2 aliphatic heterocycles. The van der Waals surface area contributed by atoms with E-state index in [0.717, 1.165) is 32.4 Å². The maximum atomic E-state index is 12.9. The normalized spacial score (nSPS) is 36.3. The van der Waals surface area contributed by atoms with E-state index in [1.165, 1.54) is 0 Å². The Bertz CT molecular complexity index is 138. The number of hydrogen-bond acceptors (Lipinski definition) is 2. The van der Waals surface area contributed by atoms with Gasteiger partial charge in [0.1, 0.15) is 6.17 Å². The summed E-state index contributed by atoms with van der Waals surface area (Å²) in [6.07, 6.45) is 2.31. The summed E-state index contributed by atoms with van der Waals surface area (Å²) in [6, 6.07) is 0. The van der Waals surface area contributed by atoms with Crippen LogP contribution in [0.25, 0.3) is 0 Å². The third kappa shape index (κ3) is 1.40. The van der Waals surface area contributed by atoms with Crippen molar-refractivity contribution in [1.82, 2.24) is 10.6 Å². The van der Waals surface area contributed by atoms with Crippen LogP contribution in [0.4, 0.5) is 4.39 Å². The fraction of sp³-hybridized carbons (Fsp3) is 1.00. The van der Waals surface area contributed by atoms with E-state index in [9.17, 15) is 4.39 Å². The van der Waals surface area contributed by atoms with E-state index in [-0.39, 0.29) is 5.54 Å². The van der Waals surface area contributed by atoms with Crippen LogP contribution in [0.2, 0.25) is 0 Å². The van der Waals surface area contributed by atoms with Gasteiger partial charge in [-0.15, -0.1) is 0 Å². The summed E-state index contributed by atoms with van der Waals surface area (Å²) in [5.41, 5.74) is 0.157. The average molecular weight is 158 g/mol. The van der Waals surface area contributed by atoms with Crippen LogP contribution in [0.15, 0.2) is 0 Å². The minimum atomic E-state index is -0.604. The molecule has 2 rings (SSSR count). The topological polar surface area (TPSA) is 24.1 Å². The van der Waals surface area contributed by atoms with Gasteiger partial charge in [-0.25, -0.2) is 4.39 Å². The second-order valence-corrected chi connectivity index (χ2v) is 3.71. The molecule has 2 heterocycles. The minimum Gasteiger partial charge on any atom is -0.317 e. The van der Waals surface area contributed by atoms with E-state index in [1.54, 1.807) is 0 Å². The molecule has 0 radical (unpaired) electrons. The van der Waals surface area contributed by atoms with Gasteiger partial charge >= 0.3 is 0 Å². The van der Waals surface area contributed by atoms with Gasteiger partial charge in [-0.3, -0.25) is 0 Å². The molecule has 1 unspecified atom stereocenters.